The smallest absolute Gasteiger partial charge is 0.224 e. The zero-order chi connectivity index (χ0) is 17.5. The number of nitrogens with one attached hydrogen (secondary N) is 1. The predicted octanol–water partition coefficient (Wildman–Crippen LogP) is 4.31. The Hall–Kier alpha value is -2.29. The highest BCUT2D eigenvalue weighted by Gasteiger charge is 2.10. The van der Waals surface area contributed by atoms with Crippen LogP contribution in [0.5, 0.6) is 5.75 Å². The molecule has 1 unspecified atom stereocenters. The van der Waals surface area contributed by atoms with Crippen molar-refractivity contribution in [2.24, 2.45) is 5.92 Å². The largest absolute Gasteiger partial charge is 0.497 e. The molecule has 128 valence electrons. The van der Waals surface area contributed by atoms with E-state index in [4.69, 9.17) is 4.74 Å². The summed E-state index contributed by atoms with van der Waals surface area (Å²) in [6.45, 7) is 6.45. The van der Waals surface area contributed by atoms with E-state index >= 15 is 0 Å². The van der Waals surface area contributed by atoms with Crippen molar-refractivity contribution in [1.29, 1.82) is 0 Å². The molecule has 0 radical (unpaired) electrons. The van der Waals surface area contributed by atoms with Crippen molar-refractivity contribution in [3.63, 3.8) is 0 Å². The molecule has 3 heteroatoms. The molecule has 0 aliphatic heterocycles. The van der Waals surface area contributed by atoms with E-state index in [-0.39, 0.29) is 11.9 Å². The number of methoxy groups -OCH3 is 1. The Morgan fingerprint density at radius 3 is 2.08 bits per heavy atom. The highest BCUT2D eigenvalue weighted by Crippen LogP contribution is 2.16. The van der Waals surface area contributed by atoms with Gasteiger partial charge in [0.2, 0.25) is 5.91 Å². The Morgan fingerprint density at radius 1 is 0.958 bits per heavy atom. The Kier molecular flexibility index (Phi) is 6.42. The standard InChI is InChI=1S/C21H27NO2/c1-15(2)13-17-5-9-19(10-6-17)16(3)22-21(23)14-18-7-11-20(24-4)12-8-18/h5-12,15-16H,13-14H2,1-4H3,(H,22,23). The summed E-state index contributed by atoms with van der Waals surface area (Å²) in [4.78, 5) is 12.2. The zero-order valence-corrected chi connectivity index (χ0v) is 15.0. The molecule has 0 saturated heterocycles. The van der Waals surface area contributed by atoms with Gasteiger partial charge in [0.25, 0.3) is 0 Å². The van der Waals surface area contributed by atoms with Crippen molar-refractivity contribution in [2.45, 2.75) is 39.7 Å². The lowest BCUT2D eigenvalue weighted by molar-refractivity contribution is -0.121. The number of carbonyl (C=O) groups excluding carboxylic acids is 1. The van der Waals surface area contributed by atoms with Crippen molar-refractivity contribution >= 4 is 5.91 Å². The summed E-state index contributed by atoms with van der Waals surface area (Å²) >= 11 is 0. The van der Waals surface area contributed by atoms with Gasteiger partial charge >= 0.3 is 0 Å². The van der Waals surface area contributed by atoms with Gasteiger partial charge in [0, 0.05) is 0 Å². The van der Waals surface area contributed by atoms with Crippen molar-refractivity contribution in [1.82, 2.24) is 5.32 Å². The van der Waals surface area contributed by atoms with Crippen LogP contribution in [-0.2, 0) is 17.6 Å². The molecule has 1 atom stereocenters. The fourth-order valence-corrected chi connectivity index (χ4v) is 2.72. The number of carbonyl (C=O) groups is 1. The molecule has 2 aromatic carbocycles. The van der Waals surface area contributed by atoms with Gasteiger partial charge in [-0.15, -0.1) is 0 Å². The van der Waals surface area contributed by atoms with Crippen molar-refractivity contribution in [3.05, 3.63) is 65.2 Å². The number of amides is 1. The van der Waals surface area contributed by atoms with Gasteiger partial charge in [-0.2, -0.15) is 0 Å². The van der Waals surface area contributed by atoms with Crippen molar-refractivity contribution in [2.75, 3.05) is 7.11 Å². The van der Waals surface area contributed by atoms with Gasteiger partial charge in [0.1, 0.15) is 5.75 Å². The van der Waals surface area contributed by atoms with Gasteiger partial charge in [-0.1, -0.05) is 50.2 Å². The Balaban J connectivity index is 1.90. The van der Waals surface area contributed by atoms with E-state index < -0.39 is 0 Å². The quantitative estimate of drug-likeness (QED) is 0.823. The molecule has 2 rings (SSSR count). The molecule has 0 saturated carbocycles. The van der Waals surface area contributed by atoms with Gasteiger partial charge in [-0.05, 0) is 48.1 Å². The molecule has 0 fully saturated rings. The monoisotopic (exact) mass is 325 g/mol. The first-order valence-electron chi connectivity index (χ1n) is 8.49. The maximum Gasteiger partial charge on any atom is 0.224 e. The summed E-state index contributed by atoms with van der Waals surface area (Å²) in [5.74, 6) is 1.48. The number of rotatable bonds is 7. The first-order valence-corrected chi connectivity index (χ1v) is 8.49. The first kappa shape index (κ1) is 18.1. The van der Waals surface area contributed by atoms with E-state index in [1.807, 2.05) is 31.2 Å². The second-order valence-corrected chi connectivity index (χ2v) is 6.65. The van der Waals surface area contributed by atoms with E-state index in [0.717, 1.165) is 23.3 Å². The third kappa shape index (κ3) is 5.41. The fraction of sp³-hybridized carbons (Fsp3) is 0.381. The van der Waals surface area contributed by atoms with Gasteiger partial charge in [0.15, 0.2) is 0 Å². The molecule has 1 N–H and O–H groups in total. The third-order valence-corrected chi connectivity index (χ3v) is 4.02. The van der Waals surface area contributed by atoms with Gasteiger partial charge in [-0.3, -0.25) is 4.79 Å². The van der Waals surface area contributed by atoms with Gasteiger partial charge in [-0.25, -0.2) is 0 Å². The van der Waals surface area contributed by atoms with Crippen LogP contribution < -0.4 is 10.1 Å². The molecule has 0 spiro atoms. The van der Waals surface area contributed by atoms with Crippen molar-refractivity contribution in [3.8, 4) is 5.75 Å². The maximum atomic E-state index is 12.2. The molecule has 1 amide bonds. The molecule has 0 aliphatic carbocycles. The molecule has 0 heterocycles. The number of ether oxygens (including phenoxy) is 1. The topological polar surface area (TPSA) is 38.3 Å². The second kappa shape index (κ2) is 8.53. The highest BCUT2D eigenvalue weighted by atomic mass is 16.5. The van der Waals surface area contributed by atoms with Crippen LogP contribution in [0.1, 0.15) is 43.5 Å². The number of benzene rings is 2. The summed E-state index contributed by atoms with van der Waals surface area (Å²) in [7, 11) is 1.63. The van der Waals surface area contributed by atoms with Crippen LogP contribution in [0, 0.1) is 5.92 Å². The lowest BCUT2D eigenvalue weighted by Gasteiger charge is -2.15. The summed E-state index contributed by atoms with van der Waals surface area (Å²) in [6.07, 6.45) is 1.46. The van der Waals surface area contributed by atoms with Crippen LogP contribution in [0.3, 0.4) is 0 Å². The summed E-state index contributed by atoms with van der Waals surface area (Å²) < 4.78 is 5.13. The van der Waals surface area contributed by atoms with Crippen LogP contribution in [0.4, 0.5) is 0 Å². The minimum atomic E-state index is 0.00356. The molecule has 2 aromatic rings. The summed E-state index contributed by atoms with van der Waals surface area (Å²) in [6, 6.07) is 16.1. The Morgan fingerprint density at radius 2 is 1.54 bits per heavy atom. The molecule has 24 heavy (non-hydrogen) atoms. The van der Waals surface area contributed by atoms with Crippen LogP contribution >= 0.6 is 0 Å². The normalized spacial score (nSPS) is 12.0. The van der Waals surface area contributed by atoms with E-state index in [9.17, 15) is 4.79 Å². The Bertz CT molecular complexity index is 645. The lowest BCUT2D eigenvalue weighted by atomic mass is 10.00. The fourth-order valence-electron chi connectivity index (χ4n) is 2.72. The average molecular weight is 325 g/mol. The molecule has 0 bridgehead atoms. The van der Waals surface area contributed by atoms with Crippen LogP contribution in [-0.4, -0.2) is 13.0 Å². The van der Waals surface area contributed by atoms with Crippen LogP contribution in [0.2, 0.25) is 0 Å². The van der Waals surface area contributed by atoms with E-state index in [0.29, 0.717) is 12.3 Å². The minimum absolute atomic E-state index is 0.00356. The molecular weight excluding hydrogens is 298 g/mol. The predicted molar refractivity (Wildman–Crippen MR) is 98.2 cm³/mol. The zero-order valence-electron chi connectivity index (χ0n) is 15.0. The van der Waals surface area contributed by atoms with Crippen molar-refractivity contribution < 1.29 is 9.53 Å². The minimum Gasteiger partial charge on any atom is -0.497 e. The molecule has 3 nitrogen and oxygen atoms in total. The lowest BCUT2D eigenvalue weighted by Crippen LogP contribution is -2.28. The van der Waals surface area contributed by atoms with Crippen LogP contribution in [0.25, 0.3) is 0 Å². The second-order valence-electron chi connectivity index (χ2n) is 6.65. The SMILES string of the molecule is COc1ccc(CC(=O)NC(C)c2ccc(CC(C)C)cc2)cc1. The molecule has 0 aliphatic rings. The highest BCUT2D eigenvalue weighted by molar-refractivity contribution is 5.79. The van der Waals surface area contributed by atoms with Gasteiger partial charge in [0.05, 0.1) is 19.6 Å². The van der Waals surface area contributed by atoms with Crippen LogP contribution in [0.15, 0.2) is 48.5 Å². The van der Waals surface area contributed by atoms with E-state index in [1.54, 1.807) is 7.11 Å². The van der Waals surface area contributed by atoms with Gasteiger partial charge < -0.3 is 10.1 Å². The molecule has 0 aromatic heterocycles. The third-order valence-electron chi connectivity index (χ3n) is 4.02. The summed E-state index contributed by atoms with van der Waals surface area (Å²) in [5.41, 5.74) is 3.45. The molecular formula is C21H27NO2. The summed E-state index contributed by atoms with van der Waals surface area (Å²) in [5, 5.41) is 3.06. The maximum absolute atomic E-state index is 12.2. The van der Waals surface area contributed by atoms with E-state index in [2.05, 4.69) is 43.4 Å². The first-order chi connectivity index (χ1) is 11.5. The average Bonchev–Trinajstić information content (AvgIpc) is 2.55. The van der Waals surface area contributed by atoms with E-state index in [1.165, 1.54) is 5.56 Å². The Labute approximate surface area is 145 Å². The number of hydrogen-bond donors (Lipinski definition) is 1. The number of hydrogen-bond acceptors (Lipinski definition) is 2.